The molecular weight excluding hydrogens is 326 g/mol. The van der Waals surface area contributed by atoms with Gasteiger partial charge in [0.1, 0.15) is 0 Å². The molecule has 0 heterocycles. The van der Waals surface area contributed by atoms with Crippen molar-refractivity contribution in [1.82, 2.24) is 0 Å². The quantitative estimate of drug-likeness (QED) is 0.590. The third-order valence-electron chi connectivity index (χ3n) is 0. The van der Waals surface area contributed by atoms with Crippen molar-refractivity contribution >= 4 is 63.0 Å². The summed E-state index contributed by atoms with van der Waals surface area (Å²) in [7, 11) is 0. The maximum atomic E-state index is 2.14. The summed E-state index contributed by atoms with van der Waals surface area (Å²) in [5.74, 6) is 0. The topological polar surface area (TPSA) is 0 Å². The molecule has 0 fully saturated rings. The summed E-state index contributed by atoms with van der Waals surface area (Å²) in [5, 5.41) is 0. The fraction of sp³-hybridized carbons (Fsp3) is 1.00. The van der Waals surface area contributed by atoms with Crippen molar-refractivity contribution in [3.8, 4) is 0 Å². The average Bonchev–Trinajstić information content (AvgIpc) is 1.00. The molecule has 0 aromatic rings. The van der Waals surface area contributed by atoms with Crippen LogP contribution >= 0.6 is 37.2 Å². The van der Waals surface area contributed by atoms with E-state index in [2.05, 4.69) is 4.48 Å². The van der Waals surface area contributed by atoms with Crippen LogP contribution in [0.25, 0.3) is 0 Å². The van der Waals surface area contributed by atoms with Gasteiger partial charge in [0.15, 0.2) is 0 Å². The third kappa shape index (κ3) is 25.9. The molecule has 35 valence electrons. The molecule has 0 unspecified atom stereocenters. The molecule has 0 aromatic heterocycles. The Morgan fingerprint density at radius 1 is 0.800 bits per heavy atom. The summed E-state index contributed by atoms with van der Waals surface area (Å²) in [4.78, 5) is 0. The molecule has 0 aliphatic carbocycles. The molecule has 0 aliphatic rings. The Morgan fingerprint density at radius 2 is 0.800 bits per heavy atom. The van der Waals surface area contributed by atoms with Gasteiger partial charge >= 0.3 is 30.3 Å². The van der Waals surface area contributed by atoms with Gasteiger partial charge in [0.25, 0.3) is 0 Å². The molecule has 0 N–H and O–H groups in total. The van der Waals surface area contributed by atoms with Crippen LogP contribution in [0.15, 0.2) is 0 Å². The fourth-order valence-corrected chi connectivity index (χ4v) is 0. The van der Waals surface area contributed by atoms with Gasteiger partial charge in [0.2, 0.25) is 0 Å². The van der Waals surface area contributed by atoms with Crippen LogP contribution in [0.3, 0.4) is 0 Å². The molecule has 0 aromatic carbocycles. The molecule has 0 rings (SSSR count). The summed E-state index contributed by atoms with van der Waals surface area (Å²) >= 11 is 1.31. The molecule has 0 atom stereocenters. The fourth-order valence-electron chi connectivity index (χ4n) is 0. The van der Waals surface area contributed by atoms with Crippen LogP contribution in [0.1, 0.15) is 0 Å². The monoisotopic (exact) mass is 331 g/mol. The zero-order valence-electron chi connectivity index (χ0n) is 2.72. The molecule has 0 nitrogen and oxygen atoms in total. The molecular formula is CH6Cl3Pb. The Morgan fingerprint density at radius 3 is 0.800 bits per heavy atom. The van der Waals surface area contributed by atoms with Crippen molar-refractivity contribution in [3.63, 3.8) is 0 Å². The van der Waals surface area contributed by atoms with Gasteiger partial charge in [-0.2, -0.15) is 0 Å². The minimum atomic E-state index is 0. The SMILES string of the molecule is Cl.Cl.Cl.[CH3][Pb]. The summed E-state index contributed by atoms with van der Waals surface area (Å²) in [5.41, 5.74) is 0. The van der Waals surface area contributed by atoms with Crippen molar-refractivity contribution in [2.45, 2.75) is 4.48 Å². The molecule has 0 spiro atoms. The van der Waals surface area contributed by atoms with Crippen LogP contribution in [0.2, 0.25) is 4.48 Å². The summed E-state index contributed by atoms with van der Waals surface area (Å²) in [6, 6.07) is 0. The standard InChI is InChI=1S/CH3.3ClH.Pb/h1H3;3*1H;. The van der Waals surface area contributed by atoms with Crippen molar-refractivity contribution in [1.29, 1.82) is 0 Å². The third-order valence-corrected chi connectivity index (χ3v) is 0. The zero-order valence-corrected chi connectivity index (χ0v) is 9.06. The van der Waals surface area contributed by atoms with Crippen LogP contribution in [-0.2, 0) is 0 Å². The molecule has 0 amide bonds. The van der Waals surface area contributed by atoms with E-state index in [9.17, 15) is 0 Å². The van der Waals surface area contributed by atoms with E-state index >= 15 is 0 Å². The van der Waals surface area contributed by atoms with Crippen molar-refractivity contribution < 1.29 is 0 Å². The molecule has 5 heavy (non-hydrogen) atoms. The molecule has 4 heteroatoms. The van der Waals surface area contributed by atoms with Gasteiger partial charge in [-0.25, -0.2) is 0 Å². The first-order valence-electron chi connectivity index (χ1n) is 0.500. The maximum absolute atomic E-state index is 2.14. The van der Waals surface area contributed by atoms with Crippen LogP contribution in [0.4, 0.5) is 0 Å². The van der Waals surface area contributed by atoms with Gasteiger partial charge in [-0.05, 0) is 0 Å². The van der Waals surface area contributed by atoms with Gasteiger partial charge in [0.05, 0.1) is 0 Å². The Balaban J connectivity index is -0.00000000167. The molecule has 0 aliphatic heterocycles. The Labute approximate surface area is 67.0 Å². The van der Waals surface area contributed by atoms with Crippen LogP contribution in [-0.4, -0.2) is 25.8 Å². The number of hydrogen-bond acceptors (Lipinski definition) is 0. The predicted molar refractivity (Wildman–Crippen MR) is 33.4 cm³/mol. The summed E-state index contributed by atoms with van der Waals surface area (Å²) in [6.45, 7) is 0. The van der Waals surface area contributed by atoms with Crippen LogP contribution in [0.5, 0.6) is 0 Å². The van der Waals surface area contributed by atoms with E-state index in [0.717, 1.165) is 0 Å². The van der Waals surface area contributed by atoms with Gasteiger partial charge in [-0.3, -0.25) is 0 Å². The van der Waals surface area contributed by atoms with E-state index in [1.165, 1.54) is 25.8 Å². The number of rotatable bonds is 0. The Hall–Kier alpha value is 1.79. The van der Waals surface area contributed by atoms with Crippen molar-refractivity contribution in [2.24, 2.45) is 0 Å². The molecule has 0 saturated heterocycles. The Bertz CT molecular complexity index is 6.85. The second kappa shape index (κ2) is 41.4. The number of halogens is 3. The van der Waals surface area contributed by atoms with Crippen molar-refractivity contribution in [3.05, 3.63) is 0 Å². The minimum absolute atomic E-state index is 0. The second-order valence-electron chi connectivity index (χ2n) is 0. The van der Waals surface area contributed by atoms with E-state index in [4.69, 9.17) is 0 Å². The first kappa shape index (κ1) is 29.2. The first-order chi connectivity index (χ1) is 1.00. The zero-order chi connectivity index (χ0) is 2.00. The molecule has 3 radical (unpaired) electrons. The first-order valence-corrected chi connectivity index (χ1v) is 4.39. The van der Waals surface area contributed by atoms with Gasteiger partial charge in [-0.15, -0.1) is 37.2 Å². The average molecular weight is 332 g/mol. The normalized spacial score (nSPS) is 1.20. The van der Waals surface area contributed by atoms with E-state index in [1.54, 1.807) is 0 Å². The van der Waals surface area contributed by atoms with Crippen LogP contribution in [0, 0.1) is 0 Å². The van der Waals surface area contributed by atoms with E-state index in [-0.39, 0.29) is 37.2 Å². The Kier molecular flexibility index (Phi) is 242. The number of hydrogen-bond donors (Lipinski definition) is 0. The van der Waals surface area contributed by atoms with Gasteiger partial charge < -0.3 is 0 Å². The van der Waals surface area contributed by atoms with Crippen LogP contribution < -0.4 is 0 Å². The van der Waals surface area contributed by atoms with Gasteiger partial charge in [0, 0.05) is 0 Å². The van der Waals surface area contributed by atoms with E-state index in [1.807, 2.05) is 0 Å². The summed E-state index contributed by atoms with van der Waals surface area (Å²) in [6.07, 6.45) is 0. The molecule has 0 bridgehead atoms. The predicted octanol–water partition coefficient (Wildman–Crippen LogP) is 1.47. The van der Waals surface area contributed by atoms with E-state index < -0.39 is 0 Å². The summed E-state index contributed by atoms with van der Waals surface area (Å²) < 4.78 is 2.14. The van der Waals surface area contributed by atoms with Gasteiger partial charge in [-0.1, -0.05) is 0 Å². The van der Waals surface area contributed by atoms with E-state index in [0.29, 0.717) is 0 Å². The molecule has 0 saturated carbocycles. The van der Waals surface area contributed by atoms with Crippen molar-refractivity contribution in [2.75, 3.05) is 0 Å². The second-order valence-corrected chi connectivity index (χ2v) is 0.